The molecule has 0 spiro atoms. The van der Waals surface area contributed by atoms with Gasteiger partial charge in [0.1, 0.15) is 11.5 Å². The molecule has 0 aliphatic rings. The predicted molar refractivity (Wildman–Crippen MR) is 102 cm³/mol. The number of hydrogen-bond donors (Lipinski definition) is 1. The van der Waals surface area contributed by atoms with Crippen LogP contribution < -0.4 is 14.8 Å². The fourth-order valence-electron chi connectivity index (χ4n) is 2.39. The molecule has 0 aliphatic heterocycles. The standard InChI is InChI=1S/C19H23BrN2O3/c1-22(2)18(14-5-4-6-17(11-14)24-3)12-21-19(23)13-25-16-9-7-15(20)8-10-16/h4-11,18H,12-13H2,1-3H3,(H,21,23). The lowest BCUT2D eigenvalue weighted by atomic mass is 10.1. The quantitative estimate of drug-likeness (QED) is 0.730. The molecule has 2 aromatic carbocycles. The lowest BCUT2D eigenvalue weighted by Crippen LogP contribution is -2.36. The minimum Gasteiger partial charge on any atom is -0.497 e. The number of ether oxygens (including phenoxy) is 2. The van der Waals surface area contributed by atoms with E-state index in [9.17, 15) is 4.79 Å². The van der Waals surface area contributed by atoms with E-state index in [1.807, 2.05) is 62.6 Å². The Labute approximate surface area is 157 Å². The Balaban J connectivity index is 1.89. The summed E-state index contributed by atoms with van der Waals surface area (Å²) in [6, 6.07) is 15.3. The molecule has 0 bridgehead atoms. The van der Waals surface area contributed by atoms with Crippen molar-refractivity contribution in [1.29, 1.82) is 0 Å². The number of carbonyl (C=O) groups is 1. The van der Waals surface area contributed by atoms with Crippen molar-refractivity contribution in [2.75, 3.05) is 34.4 Å². The average molecular weight is 407 g/mol. The van der Waals surface area contributed by atoms with Crippen molar-refractivity contribution < 1.29 is 14.3 Å². The predicted octanol–water partition coefficient (Wildman–Crippen LogP) is 3.26. The van der Waals surface area contributed by atoms with E-state index in [0.717, 1.165) is 15.8 Å². The second kappa shape index (κ2) is 9.44. The number of nitrogens with zero attached hydrogens (tertiary/aromatic N) is 1. The maximum absolute atomic E-state index is 12.1. The van der Waals surface area contributed by atoms with Crippen molar-refractivity contribution in [3.05, 3.63) is 58.6 Å². The highest BCUT2D eigenvalue weighted by molar-refractivity contribution is 9.10. The SMILES string of the molecule is COc1cccc(C(CNC(=O)COc2ccc(Br)cc2)N(C)C)c1. The van der Waals surface area contributed by atoms with Gasteiger partial charge in [0.2, 0.25) is 0 Å². The second-order valence-corrected chi connectivity index (χ2v) is 6.72. The Bertz CT molecular complexity index is 689. The number of likely N-dealkylation sites (N-methyl/N-ethyl adjacent to an activating group) is 1. The summed E-state index contributed by atoms with van der Waals surface area (Å²) >= 11 is 3.36. The first kappa shape index (κ1) is 19.3. The average Bonchev–Trinajstić information content (AvgIpc) is 2.61. The van der Waals surface area contributed by atoms with Gasteiger partial charge in [-0.05, 0) is 56.1 Å². The Morgan fingerprint density at radius 1 is 1.16 bits per heavy atom. The molecule has 0 aromatic heterocycles. The molecule has 0 radical (unpaired) electrons. The van der Waals surface area contributed by atoms with E-state index >= 15 is 0 Å². The molecule has 0 saturated carbocycles. The Morgan fingerprint density at radius 3 is 2.52 bits per heavy atom. The zero-order valence-corrected chi connectivity index (χ0v) is 16.2. The van der Waals surface area contributed by atoms with Gasteiger partial charge in [-0.2, -0.15) is 0 Å². The third kappa shape index (κ3) is 6.07. The van der Waals surface area contributed by atoms with Crippen LogP contribution in [0.15, 0.2) is 53.0 Å². The van der Waals surface area contributed by atoms with E-state index in [2.05, 4.69) is 26.1 Å². The molecule has 0 fully saturated rings. The summed E-state index contributed by atoms with van der Waals surface area (Å²) < 4.78 is 11.7. The molecule has 134 valence electrons. The summed E-state index contributed by atoms with van der Waals surface area (Å²) in [5.41, 5.74) is 1.08. The molecule has 0 aliphatic carbocycles. The number of rotatable bonds is 8. The topological polar surface area (TPSA) is 50.8 Å². The van der Waals surface area contributed by atoms with E-state index in [1.165, 1.54) is 0 Å². The first-order valence-electron chi connectivity index (χ1n) is 7.95. The van der Waals surface area contributed by atoms with Gasteiger partial charge in [-0.25, -0.2) is 0 Å². The molecule has 1 atom stereocenters. The summed E-state index contributed by atoms with van der Waals surface area (Å²) in [4.78, 5) is 14.1. The summed E-state index contributed by atoms with van der Waals surface area (Å²) in [6.07, 6.45) is 0. The molecule has 25 heavy (non-hydrogen) atoms. The van der Waals surface area contributed by atoms with E-state index in [-0.39, 0.29) is 18.6 Å². The van der Waals surface area contributed by atoms with Crippen LogP contribution in [0.2, 0.25) is 0 Å². The van der Waals surface area contributed by atoms with Crippen molar-refractivity contribution >= 4 is 21.8 Å². The zero-order valence-electron chi connectivity index (χ0n) is 14.7. The molecule has 6 heteroatoms. The van der Waals surface area contributed by atoms with Gasteiger partial charge in [-0.15, -0.1) is 0 Å². The highest BCUT2D eigenvalue weighted by atomic mass is 79.9. The van der Waals surface area contributed by atoms with Gasteiger partial charge in [0.15, 0.2) is 6.61 Å². The maximum Gasteiger partial charge on any atom is 0.258 e. The van der Waals surface area contributed by atoms with Crippen molar-refractivity contribution in [3.63, 3.8) is 0 Å². The fourth-order valence-corrected chi connectivity index (χ4v) is 2.65. The molecule has 5 nitrogen and oxygen atoms in total. The normalized spacial score (nSPS) is 11.9. The molecule has 0 saturated heterocycles. The first-order valence-corrected chi connectivity index (χ1v) is 8.74. The van der Waals surface area contributed by atoms with Crippen LogP contribution in [-0.2, 0) is 4.79 Å². The maximum atomic E-state index is 12.1. The van der Waals surface area contributed by atoms with Crippen LogP contribution in [0.5, 0.6) is 11.5 Å². The minimum absolute atomic E-state index is 0.0140. The van der Waals surface area contributed by atoms with Crippen molar-refractivity contribution in [2.24, 2.45) is 0 Å². The summed E-state index contributed by atoms with van der Waals surface area (Å²) in [5.74, 6) is 1.31. The highest BCUT2D eigenvalue weighted by Crippen LogP contribution is 2.22. The van der Waals surface area contributed by atoms with Crippen molar-refractivity contribution in [1.82, 2.24) is 10.2 Å². The number of methoxy groups -OCH3 is 1. The molecule has 1 N–H and O–H groups in total. The van der Waals surface area contributed by atoms with Gasteiger partial charge in [-0.3, -0.25) is 4.79 Å². The van der Waals surface area contributed by atoms with Gasteiger partial charge in [0, 0.05) is 11.0 Å². The van der Waals surface area contributed by atoms with E-state index < -0.39 is 0 Å². The number of hydrogen-bond acceptors (Lipinski definition) is 4. The van der Waals surface area contributed by atoms with E-state index in [4.69, 9.17) is 9.47 Å². The van der Waals surface area contributed by atoms with Crippen LogP contribution in [0, 0.1) is 0 Å². The van der Waals surface area contributed by atoms with Crippen LogP contribution in [0.25, 0.3) is 0 Å². The van der Waals surface area contributed by atoms with Crippen LogP contribution in [0.4, 0.5) is 0 Å². The summed E-state index contributed by atoms with van der Waals surface area (Å²) in [5, 5.41) is 2.93. The Morgan fingerprint density at radius 2 is 1.88 bits per heavy atom. The Hall–Kier alpha value is -2.05. The molecule has 1 unspecified atom stereocenters. The first-order chi connectivity index (χ1) is 12.0. The smallest absolute Gasteiger partial charge is 0.258 e. The van der Waals surface area contributed by atoms with Gasteiger partial charge >= 0.3 is 0 Å². The van der Waals surface area contributed by atoms with Crippen LogP contribution >= 0.6 is 15.9 Å². The van der Waals surface area contributed by atoms with Gasteiger partial charge in [0.05, 0.1) is 13.2 Å². The van der Waals surface area contributed by atoms with Crippen molar-refractivity contribution in [3.8, 4) is 11.5 Å². The zero-order chi connectivity index (χ0) is 18.2. The third-order valence-electron chi connectivity index (χ3n) is 3.78. The highest BCUT2D eigenvalue weighted by Gasteiger charge is 2.16. The number of benzene rings is 2. The largest absolute Gasteiger partial charge is 0.497 e. The molecular weight excluding hydrogens is 384 g/mol. The Kier molecular flexibility index (Phi) is 7.28. The fraction of sp³-hybridized carbons (Fsp3) is 0.316. The third-order valence-corrected chi connectivity index (χ3v) is 4.31. The lowest BCUT2D eigenvalue weighted by molar-refractivity contribution is -0.123. The number of amides is 1. The molecule has 1 amide bonds. The second-order valence-electron chi connectivity index (χ2n) is 5.80. The van der Waals surface area contributed by atoms with E-state index in [0.29, 0.717) is 12.3 Å². The molecule has 2 rings (SSSR count). The van der Waals surface area contributed by atoms with Gasteiger partial charge in [-0.1, -0.05) is 28.1 Å². The number of nitrogens with one attached hydrogen (secondary N) is 1. The van der Waals surface area contributed by atoms with E-state index in [1.54, 1.807) is 7.11 Å². The summed E-state index contributed by atoms with van der Waals surface area (Å²) in [6.45, 7) is 0.475. The van der Waals surface area contributed by atoms with Crippen molar-refractivity contribution in [2.45, 2.75) is 6.04 Å². The molecular formula is C19H23BrN2O3. The van der Waals surface area contributed by atoms with Gasteiger partial charge < -0.3 is 19.7 Å². The summed E-state index contributed by atoms with van der Waals surface area (Å²) in [7, 11) is 5.61. The monoisotopic (exact) mass is 406 g/mol. The van der Waals surface area contributed by atoms with Gasteiger partial charge in [0.25, 0.3) is 5.91 Å². The molecule has 2 aromatic rings. The number of halogens is 1. The van der Waals surface area contributed by atoms with Crippen LogP contribution in [-0.4, -0.2) is 45.2 Å². The lowest BCUT2D eigenvalue weighted by Gasteiger charge is -2.25. The van der Waals surface area contributed by atoms with Crippen LogP contribution in [0.1, 0.15) is 11.6 Å². The molecule has 0 heterocycles. The van der Waals surface area contributed by atoms with Crippen LogP contribution in [0.3, 0.4) is 0 Å². The minimum atomic E-state index is -0.155. The number of carbonyl (C=O) groups excluding carboxylic acids is 1.